The van der Waals surface area contributed by atoms with Crippen LogP contribution in [0, 0.1) is 10.1 Å². The van der Waals surface area contributed by atoms with Crippen LogP contribution in [0.1, 0.15) is 0 Å². The number of benzene rings is 1. The van der Waals surface area contributed by atoms with Crippen molar-refractivity contribution in [3.63, 3.8) is 0 Å². The standard InChI is InChI=1S/C12H9N5O4/c18-17(19)9-2-1-8(20-11-3-5-13-15-11)7-10(9)21-12-4-6-14-16-12/h1-7H,(H,13,15)(H,14,16). The van der Waals surface area contributed by atoms with E-state index in [1.165, 1.54) is 30.6 Å². The lowest BCUT2D eigenvalue weighted by molar-refractivity contribution is -0.385. The molecule has 0 unspecified atom stereocenters. The van der Waals surface area contributed by atoms with E-state index in [-0.39, 0.29) is 17.3 Å². The minimum Gasteiger partial charge on any atom is -0.439 e. The third-order valence-electron chi connectivity index (χ3n) is 2.53. The smallest absolute Gasteiger partial charge is 0.311 e. The molecule has 1 aromatic carbocycles. The third-order valence-corrected chi connectivity index (χ3v) is 2.53. The van der Waals surface area contributed by atoms with E-state index in [0.29, 0.717) is 11.6 Å². The number of nitro groups is 1. The van der Waals surface area contributed by atoms with Crippen LogP contribution in [0.2, 0.25) is 0 Å². The average Bonchev–Trinajstić information content (AvgIpc) is 3.12. The maximum atomic E-state index is 11.0. The number of ether oxygens (including phenoxy) is 2. The fraction of sp³-hybridized carbons (Fsp3) is 0. The van der Waals surface area contributed by atoms with Crippen LogP contribution in [0.15, 0.2) is 42.7 Å². The zero-order valence-corrected chi connectivity index (χ0v) is 10.5. The maximum Gasteiger partial charge on any atom is 0.311 e. The molecule has 0 fully saturated rings. The Morgan fingerprint density at radius 1 is 1.00 bits per heavy atom. The number of hydrogen-bond donors (Lipinski definition) is 2. The molecule has 0 spiro atoms. The molecule has 0 aliphatic rings. The van der Waals surface area contributed by atoms with Gasteiger partial charge in [0.2, 0.25) is 17.5 Å². The van der Waals surface area contributed by atoms with Gasteiger partial charge in [0.1, 0.15) is 5.75 Å². The summed E-state index contributed by atoms with van der Waals surface area (Å²) in [5.41, 5.74) is -0.179. The quantitative estimate of drug-likeness (QED) is 0.550. The monoisotopic (exact) mass is 287 g/mol. The van der Waals surface area contributed by atoms with E-state index in [1.54, 1.807) is 12.1 Å². The van der Waals surface area contributed by atoms with Crippen LogP contribution >= 0.6 is 0 Å². The highest BCUT2D eigenvalue weighted by Gasteiger charge is 2.18. The summed E-state index contributed by atoms with van der Waals surface area (Å²) < 4.78 is 10.9. The van der Waals surface area contributed by atoms with Crippen LogP contribution in [-0.2, 0) is 0 Å². The highest BCUT2D eigenvalue weighted by molar-refractivity contribution is 5.52. The van der Waals surface area contributed by atoms with Crippen LogP contribution in [0.25, 0.3) is 0 Å². The average molecular weight is 287 g/mol. The third kappa shape index (κ3) is 2.81. The van der Waals surface area contributed by atoms with Gasteiger partial charge in [-0.05, 0) is 6.07 Å². The summed E-state index contributed by atoms with van der Waals surface area (Å²) in [5, 5.41) is 23.7. The van der Waals surface area contributed by atoms with Gasteiger partial charge in [0, 0.05) is 24.3 Å². The molecule has 0 saturated heterocycles. The predicted molar refractivity (Wildman–Crippen MR) is 70.4 cm³/mol. The molecule has 2 N–H and O–H groups in total. The van der Waals surface area contributed by atoms with Gasteiger partial charge >= 0.3 is 5.69 Å². The lowest BCUT2D eigenvalue weighted by Crippen LogP contribution is -1.95. The van der Waals surface area contributed by atoms with E-state index < -0.39 is 4.92 Å². The summed E-state index contributed by atoms with van der Waals surface area (Å²) in [7, 11) is 0. The predicted octanol–water partition coefficient (Wildman–Crippen LogP) is 2.63. The van der Waals surface area contributed by atoms with Gasteiger partial charge in [0.25, 0.3) is 0 Å². The van der Waals surface area contributed by atoms with E-state index in [2.05, 4.69) is 20.4 Å². The highest BCUT2D eigenvalue weighted by Crippen LogP contribution is 2.35. The first kappa shape index (κ1) is 12.7. The first-order valence-electron chi connectivity index (χ1n) is 5.85. The first-order chi connectivity index (χ1) is 10.2. The molecule has 0 radical (unpaired) electrons. The second kappa shape index (κ2) is 5.33. The fourth-order valence-electron chi connectivity index (χ4n) is 1.64. The number of rotatable bonds is 5. The first-order valence-corrected chi connectivity index (χ1v) is 5.85. The summed E-state index contributed by atoms with van der Waals surface area (Å²) in [5.74, 6) is 1.12. The molecule has 2 heterocycles. The Hall–Kier alpha value is -3.36. The second-order valence-electron chi connectivity index (χ2n) is 3.93. The van der Waals surface area contributed by atoms with Crippen LogP contribution in [0.4, 0.5) is 5.69 Å². The van der Waals surface area contributed by atoms with Crippen LogP contribution in [0.3, 0.4) is 0 Å². The molecule has 0 aliphatic carbocycles. The molecule has 2 aromatic heterocycles. The van der Waals surface area contributed by atoms with E-state index in [0.717, 1.165) is 0 Å². The number of aromatic amines is 2. The largest absolute Gasteiger partial charge is 0.439 e. The Morgan fingerprint density at radius 2 is 1.67 bits per heavy atom. The van der Waals surface area contributed by atoms with Crippen molar-refractivity contribution in [2.45, 2.75) is 0 Å². The fourth-order valence-corrected chi connectivity index (χ4v) is 1.64. The van der Waals surface area contributed by atoms with Gasteiger partial charge in [-0.1, -0.05) is 0 Å². The summed E-state index contributed by atoms with van der Waals surface area (Å²) in [6.07, 6.45) is 3.01. The molecule has 3 aromatic rings. The Labute approximate surface area is 117 Å². The van der Waals surface area contributed by atoms with Crippen molar-refractivity contribution in [2.75, 3.05) is 0 Å². The molecule has 9 nitrogen and oxygen atoms in total. The van der Waals surface area contributed by atoms with Gasteiger partial charge in [-0.2, -0.15) is 10.2 Å². The number of nitrogens with one attached hydrogen (secondary N) is 2. The number of nitro benzene ring substituents is 1. The van der Waals surface area contributed by atoms with Crippen molar-refractivity contribution in [1.29, 1.82) is 0 Å². The molecule has 0 atom stereocenters. The number of H-pyrrole nitrogens is 2. The molecule has 21 heavy (non-hydrogen) atoms. The van der Waals surface area contributed by atoms with Crippen LogP contribution in [0.5, 0.6) is 23.3 Å². The molecule has 0 aliphatic heterocycles. The van der Waals surface area contributed by atoms with Gasteiger partial charge < -0.3 is 9.47 Å². The van der Waals surface area contributed by atoms with Crippen molar-refractivity contribution >= 4 is 5.69 Å². The van der Waals surface area contributed by atoms with E-state index >= 15 is 0 Å². The van der Waals surface area contributed by atoms with E-state index in [9.17, 15) is 10.1 Å². The van der Waals surface area contributed by atoms with Crippen molar-refractivity contribution in [3.05, 3.63) is 52.8 Å². The molecule has 0 bridgehead atoms. The SMILES string of the molecule is O=[N+]([O-])c1ccc(Oc2ccn[nH]2)cc1Oc1ccn[nH]1. The van der Waals surface area contributed by atoms with Gasteiger partial charge in [-0.15, -0.1) is 0 Å². The van der Waals surface area contributed by atoms with Crippen molar-refractivity contribution in [2.24, 2.45) is 0 Å². The minimum atomic E-state index is -0.536. The summed E-state index contributed by atoms with van der Waals surface area (Å²) >= 11 is 0. The normalized spacial score (nSPS) is 10.3. The summed E-state index contributed by atoms with van der Waals surface area (Å²) in [6, 6.07) is 7.36. The molecule has 106 valence electrons. The second-order valence-corrected chi connectivity index (χ2v) is 3.93. The zero-order valence-electron chi connectivity index (χ0n) is 10.5. The van der Waals surface area contributed by atoms with Crippen LogP contribution < -0.4 is 9.47 Å². The molecule has 0 amide bonds. The minimum absolute atomic E-state index is 0.0428. The van der Waals surface area contributed by atoms with Gasteiger partial charge in [-0.3, -0.25) is 10.1 Å². The number of aromatic nitrogens is 4. The molecule has 0 saturated carbocycles. The van der Waals surface area contributed by atoms with Crippen LogP contribution in [-0.4, -0.2) is 25.3 Å². The van der Waals surface area contributed by atoms with Crippen molar-refractivity contribution < 1.29 is 14.4 Å². The van der Waals surface area contributed by atoms with E-state index in [1.807, 2.05) is 0 Å². The Kier molecular flexibility index (Phi) is 3.21. The lowest BCUT2D eigenvalue weighted by Gasteiger charge is -2.07. The topological polar surface area (TPSA) is 119 Å². The summed E-state index contributed by atoms with van der Waals surface area (Å²) in [6.45, 7) is 0. The van der Waals surface area contributed by atoms with Gasteiger partial charge in [-0.25, -0.2) is 10.2 Å². The number of nitrogens with zero attached hydrogens (tertiary/aromatic N) is 3. The Balaban J connectivity index is 1.92. The van der Waals surface area contributed by atoms with Gasteiger partial charge in [0.05, 0.1) is 17.3 Å². The van der Waals surface area contributed by atoms with Crippen molar-refractivity contribution in [1.82, 2.24) is 20.4 Å². The van der Waals surface area contributed by atoms with Crippen molar-refractivity contribution in [3.8, 4) is 23.3 Å². The lowest BCUT2D eigenvalue weighted by atomic mass is 10.3. The molecular formula is C12H9N5O4. The highest BCUT2D eigenvalue weighted by atomic mass is 16.6. The zero-order chi connectivity index (χ0) is 14.7. The maximum absolute atomic E-state index is 11.0. The Bertz CT molecular complexity index is 739. The molecular weight excluding hydrogens is 278 g/mol. The van der Waals surface area contributed by atoms with Gasteiger partial charge in [0.15, 0.2) is 0 Å². The van der Waals surface area contributed by atoms with E-state index in [4.69, 9.17) is 9.47 Å². The molecule has 3 rings (SSSR count). The Morgan fingerprint density at radius 3 is 2.24 bits per heavy atom. The number of hydrogen-bond acceptors (Lipinski definition) is 6. The molecule has 9 heteroatoms. The summed E-state index contributed by atoms with van der Waals surface area (Å²) in [4.78, 5) is 10.5.